The van der Waals surface area contributed by atoms with Gasteiger partial charge in [0.1, 0.15) is 22.7 Å². The monoisotopic (exact) mass is 353 g/mol. The third-order valence-corrected chi connectivity index (χ3v) is 5.98. The van der Waals surface area contributed by atoms with Crippen LogP contribution in [0, 0.1) is 5.41 Å². The Morgan fingerprint density at radius 1 is 1.16 bits per heavy atom. The fourth-order valence-electron chi connectivity index (χ4n) is 3.26. The number of thioether (sulfide) groups is 1. The molecule has 25 heavy (non-hydrogen) atoms. The van der Waals surface area contributed by atoms with E-state index in [1.165, 1.54) is 4.90 Å². The van der Waals surface area contributed by atoms with Gasteiger partial charge in [0.25, 0.3) is 0 Å². The van der Waals surface area contributed by atoms with Gasteiger partial charge in [-0.1, -0.05) is 23.9 Å². The lowest BCUT2D eigenvalue weighted by Gasteiger charge is -2.25. The summed E-state index contributed by atoms with van der Waals surface area (Å²) in [4.78, 5) is 5.12. The molecule has 0 aliphatic carbocycles. The molecule has 0 radical (unpaired) electrons. The Labute approximate surface area is 151 Å². The van der Waals surface area contributed by atoms with Gasteiger partial charge in [-0.15, -0.1) is 0 Å². The molecule has 2 N–H and O–H groups in total. The van der Waals surface area contributed by atoms with E-state index in [0.29, 0.717) is 18.0 Å². The average molecular weight is 353 g/mol. The van der Waals surface area contributed by atoms with Crippen LogP contribution in [0.25, 0.3) is 0 Å². The van der Waals surface area contributed by atoms with Crippen molar-refractivity contribution in [2.45, 2.75) is 10.3 Å². The normalized spacial score (nSPS) is 19.6. The van der Waals surface area contributed by atoms with Crippen LogP contribution in [0.4, 0.5) is 11.4 Å². The zero-order chi connectivity index (χ0) is 17.6. The van der Waals surface area contributed by atoms with E-state index < -0.39 is 0 Å². The second-order valence-corrected chi connectivity index (χ2v) is 7.16. The van der Waals surface area contributed by atoms with Crippen molar-refractivity contribution in [3.8, 4) is 5.75 Å². The molecule has 0 aromatic heterocycles. The standard InChI is InChI=1S/C19H19N3O2S/c1-21-14-5-3-4-6-16(14)25-19(21)17-15(23)11-22(18(17)20)12-7-9-13(24-2)10-8-12/h3-10,19-20,23H,11H2,1-2H3. The molecule has 1 unspecified atom stereocenters. The summed E-state index contributed by atoms with van der Waals surface area (Å²) < 4.78 is 5.19. The van der Waals surface area contributed by atoms with Gasteiger partial charge in [-0.25, -0.2) is 0 Å². The van der Waals surface area contributed by atoms with Gasteiger partial charge in [0.2, 0.25) is 0 Å². The van der Waals surface area contributed by atoms with Crippen LogP contribution in [0.3, 0.4) is 0 Å². The summed E-state index contributed by atoms with van der Waals surface area (Å²) in [6.45, 7) is 0.321. The molecule has 5 nitrogen and oxygen atoms in total. The third-order valence-electron chi connectivity index (χ3n) is 4.61. The van der Waals surface area contributed by atoms with Crippen molar-refractivity contribution in [3.63, 3.8) is 0 Å². The zero-order valence-electron chi connectivity index (χ0n) is 14.1. The van der Waals surface area contributed by atoms with E-state index in [1.807, 2.05) is 48.3 Å². The first kappa shape index (κ1) is 15.9. The number of nitrogens with one attached hydrogen (secondary N) is 1. The number of likely N-dealkylation sites (N-methyl/N-ethyl adjacent to an activating group) is 1. The molecule has 0 saturated heterocycles. The number of methoxy groups -OCH3 is 1. The highest BCUT2D eigenvalue weighted by Gasteiger charge is 2.39. The van der Waals surface area contributed by atoms with Crippen molar-refractivity contribution < 1.29 is 9.84 Å². The van der Waals surface area contributed by atoms with Crippen molar-refractivity contribution in [2.24, 2.45) is 0 Å². The summed E-state index contributed by atoms with van der Waals surface area (Å²) in [7, 11) is 3.64. The van der Waals surface area contributed by atoms with Crippen LogP contribution in [-0.4, -0.2) is 37.0 Å². The number of hydrogen-bond acceptors (Lipinski definition) is 5. The van der Waals surface area contributed by atoms with Crippen LogP contribution < -0.4 is 14.5 Å². The molecule has 2 aromatic carbocycles. The molecular weight excluding hydrogens is 334 g/mol. The lowest BCUT2D eigenvalue weighted by Crippen LogP contribution is -2.33. The number of anilines is 2. The van der Waals surface area contributed by atoms with Gasteiger partial charge in [-0.05, 0) is 36.4 Å². The molecule has 2 aromatic rings. The Morgan fingerprint density at radius 3 is 2.56 bits per heavy atom. The van der Waals surface area contributed by atoms with Gasteiger partial charge in [-0.2, -0.15) is 0 Å². The van der Waals surface area contributed by atoms with E-state index in [0.717, 1.165) is 17.1 Å². The number of para-hydroxylation sites is 1. The third kappa shape index (κ3) is 2.53. The molecular formula is C19H19N3O2S. The molecule has 1 atom stereocenters. The van der Waals surface area contributed by atoms with Gasteiger partial charge in [0.15, 0.2) is 0 Å². The van der Waals surface area contributed by atoms with Gasteiger partial charge in [0.05, 0.1) is 24.9 Å². The first-order valence-corrected chi connectivity index (χ1v) is 8.89. The van der Waals surface area contributed by atoms with Crippen molar-refractivity contribution in [1.82, 2.24) is 0 Å². The molecule has 0 fully saturated rings. The Morgan fingerprint density at radius 2 is 1.88 bits per heavy atom. The Kier molecular flexibility index (Phi) is 3.84. The van der Waals surface area contributed by atoms with E-state index in [-0.39, 0.29) is 11.1 Å². The molecule has 6 heteroatoms. The zero-order valence-corrected chi connectivity index (χ0v) is 14.9. The van der Waals surface area contributed by atoms with Crippen LogP contribution in [0.2, 0.25) is 0 Å². The summed E-state index contributed by atoms with van der Waals surface area (Å²) in [5, 5.41) is 19.1. The summed E-state index contributed by atoms with van der Waals surface area (Å²) in [5.41, 5.74) is 2.68. The van der Waals surface area contributed by atoms with Gasteiger partial charge in [0, 0.05) is 17.6 Å². The summed E-state index contributed by atoms with van der Waals surface area (Å²) in [6.07, 6.45) is 0. The predicted octanol–water partition coefficient (Wildman–Crippen LogP) is 3.87. The molecule has 128 valence electrons. The first-order valence-electron chi connectivity index (χ1n) is 8.01. The maximum absolute atomic E-state index is 10.6. The molecule has 2 heterocycles. The lowest BCUT2D eigenvalue weighted by molar-refractivity contribution is 0.403. The highest BCUT2D eigenvalue weighted by Crippen LogP contribution is 2.46. The van der Waals surface area contributed by atoms with Gasteiger partial charge in [-0.3, -0.25) is 5.41 Å². The number of aliphatic hydroxyl groups excluding tert-OH is 1. The number of hydrogen-bond donors (Lipinski definition) is 2. The number of ether oxygens (including phenoxy) is 1. The average Bonchev–Trinajstić information content (AvgIpc) is 3.12. The number of fused-ring (bicyclic) bond motifs is 1. The summed E-state index contributed by atoms with van der Waals surface area (Å²) in [5.74, 6) is 1.38. The number of benzene rings is 2. The van der Waals surface area contributed by atoms with Gasteiger partial charge >= 0.3 is 0 Å². The molecule has 0 amide bonds. The van der Waals surface area contributed by atoms with Crippen LogP contribution >= 0.6 is 11.8 Å². The minimum Gasteiger partial charge on any atom is -0.510 e. The lowest BCUT2D eigenvalue weighted by atomic mass is 10.2. The maximum Gasteiger partial charge on any atom is 0.135 e. The molecule has 4 rings (SSSR count). The summed E-state index contributed by atoms with van der Waals surface area (Å²) >= 11 is 1.67. The van der Waals surface area contributed by atoms with E-state index in [4.69, 9.17) is 10.1 Å². The van der Waals surface area contributed by atoms with Crippen molar-refractivity contribution in [3.05, 3.63) is 59.9 Å². The van der Waals surface area contributed by atoms with Crippen LogP contribution in [0.5, 0.6) is 5.75 Å². The molecule has 0 saturated carbocycles. The van der Waals surface area contributed by atoms with Crippen molar-refractivity contribution >= 4 is 29.0 Å². The second kappa shape index (κ2) is 6.04. The Balaban J connectivity index is 1.61. The fraction of sp³-hybridized carbons (Fsp3) is 0.211. The largest absolute Gasteiger partial charge is 0.510 e. The van der Waals surface area contributed by atoms with Gasteiger partial charge < -0.3 is 19.6 Å². The maximum atomic E-state index is 10.6. The summed E-state index contributed by atoms with van der Waals surface area (Å²) in [6, 6.07) is 15.7. The second-order valence-electron chi connectivity index (χ2n) is 6.04. The smallest absolute Gasteiger partial charge is 0.135 e. The minimum absolute atomic E-state index is 0.0897. The molecule has 0 bridgehead atoms. The minimum atomic E-state index is -0.0897. The first-order chi connectivity index (χ1) is 12.1. The number of nitrogens with zero attached hydrogens (tertiary/aromatic N) is 2. The van der Waals surface area contributed by atoms with E-state index in [2.05, 4.69) is 17.0 Å². The van der Waals surface area contributed by atoms with E-state index in [1.54, 1.807) is 18.9 Å². The molecule has 0 spiro atoms. The number of aliphatic hydroxyl groups is 1. The van der Waals surface area contributed by atoms with Crippen LogP contribution in [0.15, 0.2) is 64.8 Å². The fourth-order valence-corrected chi connectivity index (χ4v) is 4.63. The van der Waals surface area contributed by atoms with E-state index >= 15 is 0 Å². The van der Waals surface area contributed by atoms with Crippen molar-refractivity contribution in [1.29, 1.82) is 5.41 Å². The highest BCUT2D eigenvalue weighted by atomic mass is 32.2. The SMILES string of the molecule is COc1ccc(N2CC(O)=C(C3Sc4ccccc4N3C)C2=N)cc1. The Bertz CT molecular complexity index is 863. The van der Waals surface area contributed by atoms with E-state index in [9.17, 15) is 5.11 Å². The highest BCUT2D eigenvalue weighted by molar-refractivity contribution is 8.00. The Hall–Kier alpha value is -2.60. The van der Waals surface area contributed by atoms with Crippen molar-refractivity contribution in [2.75, 3.05) is 30.5 Å². The van der Waals surface area contributed by atoms with Crippen LogP contribution in [-0.2, 0) is 0 Å². The molecule has 2 aliphatic heterocycles. The molecule has 2 aliphatic rings. The number of amidine groups is 1. The topological polar surface area (TPSA) is 59.8 Å². The predicted molar refractivity (Wildman–Crippen MR) is 102 cm³/mol. The number of rotatable bonds is 3. The van der Waals surface area contributed by atoms with Crippen LogP contribution in [0.1, 0.15) is 0 Å². The quantitative estimate of drug-likeness (QED) is 0.877.